The van der Waals surface area contributed by atoms with Gasteiger partial charge in [0.1, 0.15) is 0 Å². The van der Waals surface area contributed by atoms with E-state index in [9.17, 15) is 0 Å². The molecule has 0 bridgehead atoms. The van der Waals surface area contributed by atoms with E-state index in [1.165, 1.54) is 11.3 Å². The number of rotatable bonds is 1. The lowest BCUT2D eigenvalue weighted by Gasteiger charge is -2.19. The van der Waals surface area contributed by atoms with Crippen LogP contribution >= 0.6 is 34.8 Å². The quantitative estimate of drug-likeness (QED) is 0.688. The van der Waals surface area contributed by atoms with E-state index in [0.717, 1.165) is 42.1 Å². The van der Waals surface area contributed by atoms with Crippen molar-refractivity contribution < 1.29 is 0 Å². The van der Waals surface area contributed by atoms with Crippen molar-refractivity contribution >= 4 is 40.5 Å². The summed E-state index contributed by atoms with van der Waals surface area (Å²) in [5.41, 5.74) is 4.49. The van der Waals surface area contributed by atoms with E-state index in [-0.39, 0.29) is 0 Å². The Bertz CT molecular complexity index is 760. The van der Waals surface area contributed by atoms with Crippen LogP contribution < -0.4 is 10.6 Å². The first-order valence-electron chi connectivity index (χ1n) is 7.90. The summed E-state index contributed by atoms with van der Waals surface area (Å²) in [5.74, 6) is 0.459. The van der Waals surface area contributed by atoms with Crippen LogP contribution in [0.25, 0.3) is 11.1 Å². The van der Waals surface area contributed by atoms with Crippen molar-refractivity contribution in [2.24, 2.45) is 0 Å². The minimum absolute atomic E-state index is 0.459. The third-order valence-electron chi connectivity index (χ3n) is 4.86. The zero-order chi connectivity index (χ0) is 16.0. The Morgan fingerprint density at radius 3 is 2.57 bits per heavy atom. The van der Waals surface area contributed by atoms with Crippen LogP contribution in [0, 0.1) is 0 Å². The van der Waals surface area contributed by atoms with Crippen molar-refractivity contribution in [2.45, 2.75) is 24.8 Å². The highest BCUT2D eigenvalue weighted by atomic mass is 35.5. The molecule has 23 heavy (non-hydrogen) atoms. The molecule has 120 valence electrons. The molecule has 2 aromatic carbocycles. The third kappa shape index (κ3) is 2.72. The maximum absolute atomic E-state index is 6.59. The average molecular weight is 368 g/mol. The maximum Gasteiger partial charge on any atom is 0.0499 e. The minimum Gasteiger partial charge on any atom is -0.381 e. The van der Waals surface area contributed by atoms with Gasteiger partial charge in [-0.25, -0.2) is 0 Å². The Labute approximate surface area is 151 Å². The van der Waals surface area contributed by atoms with Gasteiger partial charge in [-0.2, -0.15) is 0 Å². The molecular formula is C18H17Cl3N2. The van der Waals surface area contributed by atoms with E-state index in [0.29, 0.717) is 22.0 Å². The zero-order valence-corrected chi connectivity index (χ0v) is 14.8. The number of halogens is 3. The first kappa shape index (κ1) is 15.6. The van der Waals surface area contributed by atoms with Crippen molar-refractivity contribution in [1.29, 1.82) is 0 Å². The van der Waals surface area contributed by atoms with Crippen molar-refractivity contribution in [3.8, 4) is 11.1 Å². The number of benzene rings is 2. The van der Waals surface area contributed by atoms with Crippen LogP contribution in [-0.2, 0) is 0 Å². The Kier molecular flexibility index (Phi) is 4.19. The fourth-order valence-corrected chi connectivity index (χ4v) is 4.60. The molecule has 2 aliphatic rings. The van der Waals surface area contributed by atoms with E-state index in [2.05, 4.69) is 16.7 Å². The summed E-state index contributed by atoms with van der Waals surface area (Å²) in [6, 6.07) is 10.1. The second kappa shape index (κ2) is 6.18. The molecule has 0 spiro atoms. The molecule has 1 fully saturated rings. The predicted molar refractivity (Wildman–Crippen MR) is 99.2 cm³/mol. The van der Waals surface area contributed by atoms with Gasteiger partial charge in [-0.1, -0.05) is 40.9 Å². The molecule has 0 saturated carbocycles. The highest BCUT2D eigenvalue weighted by Gasteiger charge is 2.36. The van der Waals surface area contributed by atoms with Crippen molar-refractivity contribution in [1.82, 2.24) is 5.32 Å². The van der Waals surface area contributed by atoms with Gasteiger partial charge in [-0.05, 0) is 55.8 Å². The van der Waals surface area contributed by atoms with Gasteiger partial charge < -0.3 is 10.6 Å². The summed E-state index contributed by atoms with van der Waals surface area (Å²) in [4.78, 5) is 0. The van der Waals surface area contributed by atoms with Gasteiger partial charge in [-0.15, -0.1) is 0 Å². The summed E-state index contributed by atoms with van der Waals surface area (Å²) in [6.07, 6.45) is 2.22. The largest absolute Gasteiger partial charge is 0.381 e. The smallest absolute Gasteiger partial charge is 0.0499 e. The molecular weight excluding hydrogens is 351 g/mol. The van der Waals surface area contributed by atoms with Crippen molar-refractivity contribution in [3.05, 3.63) is 51.0 Å². The molecule has 2 N–H and O–H groups in total. The molecule has 0 radical (unpaired) electrons. The Hall–Kier alpha value is -0.930. The molecule has 0 unspecified atom stereocenters. The molecule has 0 aromatic heterocycles. The monoisotopic (exact) mass is 366 g/mol. The zero-order valence-electron chi connectivity index (χ0n) is 12.5. The first-order valence-corrected chi connectivity index (χ1v) is 9.03. The molecule has 2 aromatic rings. The van der Waals surface area contributed by atoms with Crippen LogP contribution in [0.15, 0.2) is 30.3 Å². The molecule has 2 atom stereocenters. The predicted octanol–water partition coefficient (Wildman–Crippen LogP) is 5.57. The second-order valence-electron chi connectivity index (χ2n) is 6.19. The van der Waals surface area contributed by atoms with Gasteiger partial charge >= 0.3 is 0 Å². The Morgan fingerprint density at radius 1 is 0.913 bits per heavy atom. The summed E-state index contributed by atoms with van der Waals surface area (Å²) >= 11 is 19.1. The van der Waals surface area contributed by atoms with Crippen LogP contribution in [0.1, 0.15) is 24.3 Å². The van der Waals surface area contributed by atoms with E-state index in [1.54, 1.807) is 6.07 Å². The highest BCUT2D eigenvalue weighted by Crippen LogP contribution is 2.49. The molecule has 2 aliphatic heterocycles. The second-order valence-corrected chi connectivity index (χ2v) is 7.44. The third-order valence-corrected chi connectivity index (χ3v) is 5.72. The highest BCUT2D eigenvalue weighted by molar-refractivity contribution is 6.38. The normalized spacial score (nSPS) is 22.9. The number of nitrogens with one attached hydrogen (secondary N) is 2. The van der Waals surface area contributed by atoms with E-state index in [1.807, 2.05) is 18.2 Å². The summed E-state index contributed by atoms with van der Waals surface area (Å²) < 4.78 is 0. The number of fused-ring (bicyclic) bond motifs is 3. The minimum atomic E-state index is 0.459. The van der Waals surface area contributed by atoms with Gasteiger partial charge in [-0.3, -0.25) is 0 Å². The standard InChI is InChI=1S/C18H17Cl3N2/c19-10-1-2-11(14(21)9-10)17-13(20)3-4-16-18(17)12-5-7-22-8-6-15(12)23-16/h1-4,9,12,15,22-23H,5-8H2/t12-,15-/m0/s1. The van der Waals surface area contributed by atoms with Crippen LogP contribution in [0.2, 0.25) is 15.1 Å². The molecule has 2 nitrogen and oxygen atoms in total. The van der Waals surface area contributed by atoms with Crippen molar-refractivity contribution in [2.75, 3.05) is 18.4 Å². The lowest BCUT2D eigenvalue weighted by atomic mass is 9.86. The molecule has 5 heteroatoms. The Balaban J connectivity index is 1.90. The van der Waals surface area contributed by atoms with Crippen molar-refractivity contribution in [3.63, 3.8) is 0 Å². The van der Waals surface area contributed by atoms with Gasteiger partial charge in [0.25, 0.3) is 0 Å². The number of hydrogen-bond acceptors (Lipinski definition) is 2. The summed E-state index contributed by atoms with van der Waals surface area (Å²) in [5, 5.41) is 9.18. The molecule has 4 rings (SSSR count). The Morgan fingerprint density at radius 2 is 1.74 bits per heavy atom. The topological polar surface area (TPSA) is 24.1 Å². The summed E-state index contributed by atoms with van der Waals surface area (Å²) in [7, 11) is 0. The fourth-order valence-electron chi connectivity index (χ4n) is 3.83. The van der Waals surface area contributed by atoms with E-state index < -0.39 is 0 Å². The molecule has 0 amide bonds. The van der Waals surface area contributed by atoms with Crippen LogP contribution in [0.4, 0.5) is 5.69 Å². The van der Waals surface area contributed by atoms with Crippen LogP contribution in [-0.4, -0.2) is 19.1 Å². The average Bonchev–Trinajstić information content (AvgIpc) is 2.71. The van der Waals surface area contributed by atoms with Crippen LogP contribution in [0.3, 0.4) is 0 Å². The van der Waals surface area contributed by atoms with Gasteiger partial charge in [0.2, 0.25) is 0 Å². The fraction of sp³-hybridized carbons (Fsp3) is 0.333. The maximum atomic E-state index is 6.59. The molecule has 1 saturated heterocycles. The number of hydrogen-bond donors (Lipinski definition) is 2. The van der Waals surface area contributed by atoms with E-state index in [4.69, 9.17) is 34.8 Å². The summed E-state index contributed by atoms with van der Waals surface area (Å²) in [6.45, 7) is 2.08. The molecule has 0 aliphatic carbocycles. The van der Waals surface area contributed by atoms with E-state index >= 15 is 0 Å². The first-order chi connectivity index (χ1) is 11.1. The van der Waals surface area contributed by atoms with Crippen LogP contribution in [0.5, 0.6) is 0 Å². The lowest BCUT2D eigenvalue weighted by molar-refractivity contribution is 0.579. The van der Waals surface area contributed by atoms with Gasteiger partial charge in [0.15, 0.2) is 0 Å². The molecule has 2 heterocycles. The lowest BCUT2D eigenvalue weighted by Crippen LogP contribution is -2.21. The number of anilines is 1. The SMILES string of the molecule is Clc1ccc(-c2c(Cl)ccc3c2[C@H]2CCNCC[C@@H]2N3)c(Cl)c1. The van der Waals surface area contributed by atoms with Gasteiger partial charge in [0, 0.05) is 43.8 Å². The van der Waals surface area contributed by atoms with Gasteiger partial charge in [0.05, 0.1) is 0 Å².